The number of halogens is 2. The summed E-state index contributed by atoms with van der Waals surface area (Å²) >= 11 is 0. The molecule has 12 heteroatoms. The van der Waals surface area contributed by atoms with Gasteiger partial charge in [0.25, 0.3) is 18.2 Å². The third-order valence-corrected chi connectivity index (χ3v) is 5.35. The van der Waals surface area contributed by atoms with Gasteiger partial charge in [-0.2, -0.15) is 10.2 Å². The summed E-state index contributed by atoms with van der Waals surface area (Å²) in [4.78, 5) is 31.7. The SMILES string of the molecule is CCn1ncc(NC(=O)c2cnn3c(C(F)F)cc(-c4ccccc4OC)nc23)c1C(=O)N(C)C. The Labute approximate surface area is 199 Å². The number of hydrogen-bond donors (Lipinski definition) is 1. The molecule has 1 N–H and O–H groups in total. The molecule has 182 valence electrons. The number of carbonyl (C=O) groups excluding carboxylic acids is 2. The van der Waals surface area contributed by atoms with Crippen molar-refractivity contribution in [3.63, 3.8) is 0 Å². The second-order valence-corrected chi connectivity index (χ2v) is 7.74. The van der Waals surface area contributed by atoms with Gasteiger partial charge in [0.2, 0.25) is 0 Å². The van der Waals surface area contributed by atoms with Crippen LogP contribution < -0.4 is 10.1 Å². The number of alkyl halides is 2. The van der Waals surface area contributed by atoms with E-state index in [0.29, 0.717) is 17.9 Å². The van der Waals surface area contributed by atoms with Crippen LogP contribution in [0.5, 0.6) is 5.75 Å². The summed E-state index contributed by atoms with van der Waals surface area (Å²) in [6.07, 6.45) is -0.355. The second-order valence-electron chi connectivity index (χ2n) is 7.74. The Morgan fingerprint density at radius 2 is 1.91 bits per heavy atom. The van der Waals surface area contributed by atoms with Crippen LogP contribution in [-0.4, -0.2) is 62.3 Å². The molecule has 10 nitrogen and oxygen atoms in total. The zero-order valence-corrected chi connectivity index (χ0v) is 19.5. The quantitative estimate of drug-likeness (QED) is 0.431. The Hall–Kier alpha value is -4.35. The fraction of sp³-hybridized carbons (Fsp3) is 0.261. The van der Waals surface area contributed by atoms with E-state index in [4.69, 9.17) is 4.74 Å². The molecule has 0 spiro atoms. The maximum Gasteiger partial charge on any atom is 0.280 e. The average molecular weight is 483 g/mol. The molecule has 0 aliphatic carbocycles. The number of aromatic nitrogens is 5. The molecule has 3 heterocycles. The lowest BCUT2D eigenvalue weighted by molar-refractivity contribution is 0.0816. The second kappa shape index (κ2) is 9.49. The Kier molecular flexibility index (Phi) is 6.45. The van der Waals surface area contributed by atoms with Gasteiger partial charge in [0.1, 0.15) is 22.7 Å². The molecule has 1 aromatic carbocycles. The molecule has 4 rings (SSSR count). The van der Waals surface area contributed by atoms with E-state index in [2.05, 4.69) is 20.5 Å². The Balaban J connectivity index is 1.81. The molecule has 0 saturated heterocycles. The molecule has 0 aliphatic rings. The Morgan fingerprint density at radius 1 is 1.17 bits per heavy atom. The van der Waals surface area contributed by atoms with E-state index in [1.165, 1.54) is 29.0 Å². The topological polar surface area (TPSA) is 107 Å². The van der Waals surface area contributed by atoms with Crippen molar-refractivity contribution in [2.24, 2.45) is 0 Å². The highest BCUT2D eigenvalue weighted by atomic mass is 19.3. The number of rotatable bonds is 7. The van der Waals surface area contributed by atoms with Gasteiger partial charge in [0, 0.05) is 26.2 Å². The minimum atomic E-state index is -2.88. The number of aryl methyl sites for hydroxylation is 1. The van der Waals surface area contributed by atoms with Gasteiger partial charge in [-0.15, -0.1) is 0 Å². The number of nitrogens with one attached hydrogen (secondary N) is 1. The molecular weight excluding hydrogens is 460 g/mol. The number of amides is 2. The predicted octanol–water partition coefficient (Wildman–Crippen LogP) is 3.51. The molecule has 0 aliphatic heterocycles. The Bertz CT molecular complexity index is 1410. The fourth-order valence-electron chi connectivity index (χ4n) is 3.64. The van der Waals surface area contributed by atoms with E-state index in [1.54, 1.807) is 38.4 Å². The van der Waals surface area contributed by atoms with Crippen LogP contribution in [0.15, 0.2) is 42.7 Å². The third kappa shape index (κ3) is 4.29. The van der Waals surface area contributed by atoms with E-state index in [1.807, 2.05) is 6.92 Å². The molecule has 0 saturated carbocycles. The number of ether oxygens (including phenoxy) is 1. The van der Waals surface area contributed by atoms with E-state index in [9.17, 15) is 18.4 Å². The van der Waals surface area contributed by atoms with Crippen LogP contribution in [0.1, 0.15) is 39.9 Å². The zero-order valence-electron chi connectivity index (χ0n) is 19.5. The van der Waals surface area contributed by atoms with Crippen LogP contribution in [0.25, 0.3) is 16.9 Å². The monoisotopic (exact) mass is 483 g/mol. The number of methoxy groups -OCH3 is 1. The first-order valence-electron chi connectivity index (χ1n) is 10.7. The normalized spacial score (nSPS) is 11.2. The molecular formula is C23H23F2N7O3. The lowest BCUT2D eigenvalue weighted by atomic mass is 10.1. The third-order valence-electron chi connectivity index (χ3n) is 5.35. The standard InChI is InChI=1S/C23H23F2N7O3/c1-5-31-19(23(34)30(2)3)16(12-26-31)29-22(33)14-11-27-32-17(20(24)25)10-15(28-21(14)32)13-8-6-7-9-18(13)35-4/h6-12,20H,5H2,1-4H3,(H,29,33). The van der Waals surface area contributed by atoms with Gasteiger partial charge in [0.05, 0.1) is 30.9 Å². The molecule has 3 aromatic heterocycles. The molecule has 0 fully saturated rings. The molecule has 35 heavy (non-hydrogen) atoms. The number of anilines is 1. The van der Waals surface area contributed by atoms with Gasteiger partial charge < -0.3 is 15.0 Å². The summed E-state index contributed by atoms with van der Waals surface area (Å²) < 4.78 is 35.6. The van der Waals surface area contributed by atoms with Crippen molar-refractivity contribution in [1.82, 2.24) is 29.3 Å². The summed E-state index contributed by atoms with van der Waals surface area (Å²) in [6, 6.07) is 8.05. The van der Waals surface area contributed by atoms with Gasteiger partial charge in [-0.3, -0.25) is 14.3 Å². The van der Waals surface area contributed by atoms with Crippen molar-refractivity contribution in [1.29, 1.82) is 0 Å². The number of fused-ring (bicyclic) bond motifs is 1. The van der Waals surface area contributed by atoms with Gasteiger partial charge in [-0.05, 0) is 25.1 Å². The van der Waals surface area contributed by atoms with Crippen molar-refractivity contribution >= 4 is 23.1 Å². The number of hydrogen-bond acceptors (Lipinski definition) is 6. The van der Waals surface area contributed by atoms with Crippen LogP contribution in [-0.2, 0) is 6.54 Å². The first-order chi connectivity index (χ1) is 16.8. The number of para-hydroxylation sites is 1. The van der Waals surface area contributed by atoms with E-state index in [0.717, 1.165) is 10.7 Å². The number of nitrogens with zero attached hydrogens (tertiary/aromatic N) is 6. The molecule has 4 aromatic rings. The molecule has 0 bridgehead atoms. The lowest BCUT2D eigenvalue weighted by Gasteiger charge is -2.13. The van der Waals surface area contributed by atoms with Crippen LogP contribution in [0.4, 0.5) is 14.5 Å². The molecule has 2 amide bonds. The van der Waals surface area contributed by atoms with E-state index in [-0.39, 0.29) is 34.2 Å². The van der Waals surface area contributed by atoms with Gasteiger partial charge in [0.15, 0.2) is 5.65 Å². The lowest BCUT2D eigenvalue weighted by Crippen LogP contribution is -2.26. The van der Waals surface area contributed by atoms with Gasteiger partial charge in [-0.25, -0.2) is 18.3 Å². The minimum Gasteiger partial charge on any atom is -0.496 e. The van der Waals surface area contributed by atoms with Gasteiger partial charge >= 0.3 is 0 Å². The van der Waals surface area contributed by atoms with Crippen molar-refractivity contribution < 1.29 is 23.1 Å². The van der Waals surface area contributed by atoms with Crippen molar-refractivity contribution in [2.45, 2.75) is 19.9 Å². The smallest absolute Gasteiger partial charge is 0.280 e. The van der Waals surface area contributed by atoms with Crippen LogP contribution in [0.3, 0.4) is 0 Å². The van der Waals surface area contributed by atoms with Crippen molar-refractivity contribution in [2.75, 3.05) is 26.5 Å². The highest BCUT2D eigenvalue weighted by Gasteiger charge is 2.25. The largest absolute Gasteiger partial charge is 0.496 e. The molecule has 0 radical (unpaired) electrons. The van der Waals surface area contributed by atoms with Crippen molar-refractivity contribution in [3.8, 4) is 17.0 Å². The Morgan fingerprint density at radius 3 is 2.57 bits per heavy atom. The highest BCUT2D eigenvalue weighted by molar-refractivity contribution is 6.11. The van der Waals surface area contributed by atoms with Gasteiger partial charge in [-0.1, -0.05) is 12.1 Å². The summed E-state index contributed by atoms with van der Waals surface area (Å²) in [5, 5.41) is 10.8. The maximum atomic E-state index is 13.9. The predicted molar refractivity (Wildman–Crippen MR) is 124 cm³/mol. The molecule has 0 unspecified atom stereocenters. The summed E-state index contributed by atoms with van der Waals surface area (Å²) in [6.45, 7) is 2.22. The maximum absolute atomic E-state index is 13.9. The number of benzene rings is 1. The first-order valence-corrected chi connectivity index (χ1v) is 10.7. The fourth-order valence-corrected chi connectivity index (χ4v) is 3.64. The molecule has 0 atom stereocenters. The van der Waals surface area contributed by atoms with E-state index >= 15 is 0 Å². The minimum absolute atomic E-state index is 0.0452. The van der Waals surface area contributed by atoms with Crippen LogP contribution >= 0.6 is 0 Å². The van der Waals surface area contributed by atoms with Crippen LogP contribution in [0, 0.1) is 0 Å². The van der Waals surface area contributed by atoms with Crippen molar-refractivity contribution in [3.05, 3.63) is 59.7 Å². The highest BCUT2D eigenvalue weighted by Crippen LogP contribution is 2.32. The summed E-state index contributed by atoms with van der Waals surface area (Å²) in [7, 11) is 4.63. The zero-order chi connectivity index (χ0) is 25.3. The first kappa shape index (κ1) is 23.8. The number of carbonyl (C=O) groups is 2. The average Bonchev–Trinajstić information content (AvgIpc) is 3.46. The summed E-state index contributed by atoms with van der Waals surface area (Å²) in [5.41, 5.74) is 0.512. The van der Waals surface area contributed by atoms with Crippen LogP contribution in [0.2, 0.25) is 0 Å². The van der Waals surface area contributed by atoms with E-state index < -0.39 is 18.0 Å². The summed E-state index contributed by atoms with van der Waals surface area (Å²) in [5.74, 6) is -0.585.